The molecule has 0 aromatic heterocycles. The molecule has 0 unspecified atom stereocenters. The Balaban J connectivity index is 1.90. The summed E-state index contributed by atoms with van der Waals surface area (Å²) in [4.78, 5) is 11.9. The molecular weight excluding hydrogens is 234 g/mol. The summed E-state index contributed by atoms with van der Waals surface area (Å²) in [5.41, 5.74) is 2.29. The topological polar surface area (TPSA) is 29.1 Å². The summed E-state index contributed by atoms with van der Waals surface area (Å²) in [6.45, 7) is 4.29. The lowest BCUT2D eigenvalue weighted by molar-refractivity contribution is -0.117. The van der Waals surface area contributed by atoms with Crippen molar-refractivity contribution in [2.45, 2.75) is 45.6 Å². The summed E-state index contributed by atoms with van der Waals surface area (Å²) < 4.78 is 0. The highest BCUT2D eigenvalue weighted by atomic mass is 16.1. The summed E-state index contributed by atoms with van der Waals surface area (Å²) in [5.74, 6) is 0.630. The zero-order valence-corrected chi connectivity index (χ0v) is 11.9. The molecule has 1 saturated carbocycles. The smallest absolute Gasteiger partial charge is 0.244 e. The first kappa shape index (κ1) is 13.9. The summed E-state index contributed by atoms with van der Waals surface area (Å²) in [5, 5.41) is 3.13. The molecule has 1 N–H and O–H groups in total. The molecule has 0 bridgehead atoms. The van der Waals surface area contributed by atoms with Gasteiger partial charge in [-0.3, -0.25) is 4.79 Å². The van der Waals surface area contributed by atoms with Gasteiger partial charge in [0.25, 0.3) is 0 Å². The lowest BCUT2D eigenvalue weighted by atomic mass is 9.86. The van der Waals surface area contributed by atoms with Crippen LogP contribution in [0.25, 0.3) is 6.08 Å². The minimum Gasteiger partial charge on any atom is -0.350 e. The number of benzene rings is 1. The van der Waals surface area contributed by atoms with Crippen molar-refractivity contribution in [3.8, 4) is 0 Å². The standard InChI is InChI=1S/C17H23NO/c1-13-6-5-8-15(12-13)10-11-17(19)18-16-9-4-3-7-14(16)2/h5-6,8,10-12,14,16H,3-4,7,9H2,1-2H3,(H,18,19)/b11-10+/t14-,16+/m0/s1. The summed E-state index contributed by atoms with van der Waals surface area (Å²) in [6, 6.07) is 8.51. The van der Waals surface area contributed by atoms with Crippen molar-refractivity contribution in [1.82, 2.24) is 5.32 Å². The Morgan fingerprint density at radius 1 is 1.32 bits per heavy atom. The van der Waals surface area contributed by atoms with Gasteiger partial charge in [0.15, 0.2) is 0 Å². The van der Waals surface area contributed by atoms with Crippen molar-refractivity contribution in [3.05, 3.63) is 41.5 Å². The summed E-state index contributed by atoms with van der Waals surface area (Å²) >= 11 is 0. The maximum atomic E-state index is 11.9. The first-order chi connectivity index (χ1) is 9.15. The number of carbonyl (C=O) groups is 1. The molecule has 1 fully saturated rings. The normalized spacial score (nSPS) is 23.5. The zero-order valence-electron chi connectivity index (χ0n) is 11.9. The third-order valence-electron chi connectivity index (χ3n) is 3.91. The Hall–Kier alpha value is -1.57. The molecule has 2 heteroatoms. The SMILES string of the molecule is Cc1cccc(/C=C/C(=O)N[C@@H]2CCCC[C@@H]2C)c1. The van der Waals surface area contributed by atoms with Gasteiger partial charge >= 0.3 is 0 Å². The minimum absolute atomic E-state index is 0.0280. The van der Waals surface area contributed by atoms with Crippen LogP contribution in [-0.4, -0.2) is 11.9 Å². The molecule has 2 rings (SSSR count). The molecule has 2 nitrogen and oxygen atoms in total. The quantitative estimate of drug-likeness (QED) is 0.822. The predicted molar refractivity (Wildman–Crippen MR) is 79.8 cm³/mol. The average molecular weight is 257 g/mol. The highest BCUT2D eigenvalue weighted by Gasteiger charge is 2.21. The van der Waals surface area contributed by atoms with Gasteiger partial charge in [0.1, 0.15) is 0 Å². The summed E-state index contributed by atoms with van der Waals surface area (Å²) in [7, 11) is 0. The fourth-order valence-corrected chi connectivity index (χ4v) is 2.71. The van der Waals surface area contributed by atoms with Crippen molar-refractivity contribution in [2.75, 3.05) is 0 Å². The van der Waals surface area contributed by atoms with E-state index in [2.05, 4.69) is 31.3 Å². The second kappa shape index (κ2) is 6.55. The molecule has 0 aliphatic heterocycles. The molecule has 0 heterocycles. The highest BCUT2D eigenvalue weighted by Crippen LogP contribution is 2.23. The van der Waals surface area contributed by atoms with Gasteiger partial charge in [-0.15, -0.1) is 0 Å². The molecule has 1 aromatic rings. The number of aryl methyl sites for hydroxylation is 1. The van der Waals surface area contributed by atoms with Crippen molar-refractivity contribution in [1.29, 1.82) is 0 Å². The van der Waals surface area contributed by atoms with Gasteiger partial charge in [0.05, 0.1) is 0 Å². The fraction of sp³-hybridized carbons (Fsp3) is 0.471. The monoisotopic (exact) mass is 257 g/mol. The highest BCUT2D eigenvalue weighted by molar-refractivity contribution is 5.91. The molecule has 0 spiro atoms. The van der Waals surface area contributed by atoms with Gasteiger partial charge in [-0.2, -0.15) is 0 Å². The van der Waals surface area contributed by atoms with Gasteiger partial charge in [-0.25, -0.2) is 0 Å². The van der Waals surface area contributed by atoms with E-state index in [0.717, 1.165) is 12.0 Å². The van der Waals surface area contributed by atoms with Crippen LogP contribution in [0.3, 0.4) is 0 Å². The second-order valence-electron chi connectivity index (χ2n) is 5.62. The van der Waals surface area contributed by atoms with Crippen LogP contribution >= 0.6 is 0 Å². The third kappa shape index (κ3) is 4.23. The van der Waals surface area contributed by atoms with Crippen molar-refractivity contribution in [3.63, 3.8) is 0 Å². The van der Waals surface area contributed by atoms with E-state index in [1.807, 2.05) is 18.2 Å². The first-order valence-corrected chi connectivity index (χ1v) is 7.20. The maximum Gasteiger partial charge on any atom is 0.244 e. The van der Waals surface area contributed by atoms with Crippen LogP contribution < -0.4 is 5.32 Å². The number of nitrogens with one attached hydrogen (secondary N) is 1. The Morgan fingerprint density at radius 2 is 2.11 bits per heavy atom. The molecule has 102 valence electrons. The molecule has 1 aliphatic rings. The molecule has 0 radical (unpaired) electrons. The van der Waals surface area contributed by atoms with E-state index in [4.69, 9.17) is 0 Å². The molecule has 0 saturated heterocycles. The lowest BCUT2D eigenvalue weighted by Gasteiger charge is -2.29. The Labute approximate surface area is 115 Å². The lowest BCUT2D eigenvalue weighted by Crippen LogP contribution is -2.40. The van der Waals surface area contributed by atoms with E-state index in [-0.39, 0.29) is 5.91 Å². The molecule has 2 atom stereocenters. The van der Waals surface area contributed by atoms with E-state index in [1.54, 1.807) is 6.08 Å². The number of carbonyl (C=O) groups excluding carboxylic acids is 1. The van der Waals surface area contributed by atoms with E-state index in [0.29, 0.717) is 12.0 Å². The number of rotatable bonds is 3. The molecule has 19 heavy (non-hydrogen) atoms. The Bertz CT molecular complexity index is 464. The fourth-order valence-electron chi connectivity index (χ4n) is 2.71. The Kier molecular flexibility index (Phi) is 4.78. The van der Waals surface area contributed by atoms with Crippen molar-refractivity contribution < 1.29 is 4.79 Å². The number of hydrogen-bond acceptors (Lipinski definition) is 1. The minimum atomic E-state index is 0.0280. The van der Waals surface area contributed by atoms with Crippen LogP contribution in [0.1, 0.15) is 43.7 Å². The van der Waals surface area contributed by atoms with Gasteiger partial charge < -0.3 is 5.32 Å². The zero-order chi connectivity index (χ0) is 13.7. The second-order valence-corrected chi connectivity index (χ2v) is 5.62. The predicted octanol–water partition coefficient (Wildman–Crippen LogP) is 3.70. The van der Waals surface area contributed by atoms with Crippen molar-refractivity contribution in [2.24, 2.45) is 5.92 Å². The third-order valence-corrected chi connectivity index (χ3v) is 3.91. The average Bonchev–Trinajstić information content (AvgIpc) is 2.39. The maximum absolute atomic E-state index is 11.9. The largest absolute Gasteiger partial charge is 0.350 e. The van der Waals surface area contributed by atoms with Crippen LogP contribution in [0.4, 0.5) is 0 Å². The van der Waals surface area contributed by atoms with Crippen LogP contribution in [0.5, 0.6) is 0 Å². The van der Waals surface area contributed by atoms with Crippen LogP contribution in [0.2, 0.25) is 0 Å². The first-order valence-electron chi connectivity index (χ1n) is 7.20. The van der Waals surface area contributed by atoms with Gasteiger partial charge in [-0.1, -0.05) is 49.6 Å². The van der Waals surface area contributed by atoms with Gasteiger partial charge in [0.2, 0.25) is 5.91 Å². The van der Waals surface area contributed by atoms with Gasteiger partial charge in [-0.05, 0) is 37.3 Å². The van der Waals surface area contributed by atoms with Crippen LogP contribution in [0.15, 0.2) is 30.3 Å². The van der Waals surface area contributed by atoms with Crippen LogP contribution in [0, 0.1) is 12.8 Å². The van der Waals surface area contributed by atoms with E-state index >= 15 is 0 Å². The van der Waals surface area contributed by atoms with E-state index < -0.39 is 0 Å². The van der Waals surface area contributed by atoms with Gasteiger partial charge in [0, 0.05) is 12.1 Å². The molecule has 1 amide bonds. The van der Waals surface area contributed by atoms with E-state index in [1.165, 1.54) is 24.8 Å². The van der Waals surface area contributed by atoms with Crippen molar-refractivity contribution >= 4 is 12.0 Å². The molecular formula is C17H23NO. The Morgan fingerprint density at radius 3 is 2.84 bits per heavy atom. The molecule has 1 aromatic carbocycles. The molecule has 1 aliphatic carbocycles. The number of amides is 1. The van der Waals surface area contributed by atoms with Crippen LogP contribution in [-0.2, 0) is 4.79 Å². The number of hydrogen-bond donors (Lipinski definition) is 1. The summed E-state index contributed by atoms with van der Waals surface area (Å²) in [6.07, 6.45) is 8.41. The van der Waals surface area contributed by atoms with E-state index in [9.17, 15) is 4.79 Å².